The quantitative estimate of drug-likeness (QED) is 0.715. The van der Waals surface area contributed by atoms with Gasteiger partial charge in [-0.1, -0.05) is 35.3 Å². The van der Waals surface area contributed by atoms with Crippen LogP contribution in [0.15, 0.2) is 48.7 Å². The van der Waals surface area contributed by atoms with Crippen molar-refractivity contribution in [1.29, 1.82) is 0 Å². The van der Waals surface area contributed by atoms with Crippen molar-refractivity contribution in [2.75, 3.05) is 0 Å². The molecule has 0 aliphatic heterocycles. The smallest absolute Gasteiger partial charge is 0.328 e. The van der Waals surface area contributed by atoms with E-state index in [1.165, 1.54) is 6.08 Å². The van der Waals surface area contributed by atoms with E-state index in [2.05, 4.69) is 4.98 Å². The number of pyridine rings is 1. The van der Waals surface area contributed by atoms with Crippen LogP contribution >= 0.6 is 23.2 Å². The van der Waals surface area contributed by atoms with Crippen molar-refractivity contribution in [3.05, 3.63) is 75.8 Å². The van der Waals surface area contributed by atoms with E-state index in [1.807, 2.05) is 34.9 Å². The van der Waals surface area contributed by atoms with Crippen LogP contribution in [0.3, 0.4) is 0 Å². The normalized spacial score (nSPS) is 11.4. The first-order chi connectivity index (χ1) is 11.0. The molecule has 0 atom stereocenters. The standard InChI is InChI=1S/C17H12Cl2N2O2/c18-12-5-4-11(13(19)10-12)9-14-15-3-1-2-8-21(15)16(20-14)6-7-17(22)23/h1-8,10H,9H2,(H,22,23)/b7-6+. The number of aliphatic carboxylic acids is 1. The molecular formula is C17H12Cl2N2O2. The molecule has 0 bridgehead atoms. The fraction of sp³-hybridized carbons (Fsp3) is 0.0588. The van der Waals surface area contributed by atoms with E-state index < -0.39 is 5.97 Å². The lowest BCUT2D eigenvalue weighted by Crippen LogP contribution is -1.91. The van der Waals surface area contributed by atoms with Crippen molar-refractivity contribution in [2.24, 2.45) is 0 Å². The summed E-state index contributed by atoms with van der Waals surface area (Å²) in [6.45, 7) is 0. The van der Waals surface area contributed by atoms with Crippen LogP contribution in [-0.2, 0) is 11.2 Å². The van der Waals surface area contributed by atoms with Crippen LogP contribution in [0.1, 0.15) is 17.1 Å². The van der Waals surface area contributed by atoms with E-state index in [-0.39, 0.29) is 0 Å². The molecule has 2 aromatic heterocycles. The second kappa shape index (κ2) is 6.44. The predicted molar refractivity (Wildman–Crippen MR) is 91.1 cm³/mol. The van der Waals surface area contributed by atoms with Crippen molar-refractivity contribution < 1.29 is 9.90 Å². The maximum atomic E-state index is 10.7. The lowest BCUT2D eigenvalue weighted by Gasteiger charge is -2.03. The van der Waals surface area contributed by atoms with Crippen LogP contribution < -0.4 is 0 Å². The molecule has 0 amide bonds. The van der Waals surface area contributed by atoms with Gasteiger partial charge in [0.15, 0.2) is 0 Å². The molecule has 0 saturated heterocycles. The Morgan fingerprint density at radius 3 is 2.83 bits per heavy atom. The van der Waals surface area contributed by atoms with E-state index in [1.54, 1.807) is 12.1 Å². The minimum atomic E-state index is -1.01. The molecule has 116 valence electrons. The number of halogens is 2. The largest absolute Gasteiger partial charge is 0.478 e. The highest BCUT2D eigenvalue weighted by atomic mass is 35.5. The van der Waals surface area contributed by atoms with E-state index in [9.17, 15) is 4.79 Å². The van der Waals surface area contributed by atoms with Crippen molar-refractivity contribution in [1.82, 2.24) is 9.38 Å². The van der Waals surface area contributed by atoms with Gasteiger partial charge in [0.2, 0.25) is 0 Å². The highest BCUT2D eigenvalue weighted by molar-refractivity contribution is 6.35. The zero-order valence-corrected chi connectivity index (χ0v) is 13.4. The van der Waals surface area contributed by atoms with Crippen molar-refractivity contribution in [2.45, 2.75) is 6.42 Å². The Morgan fingerprint density at radius 2 is 2.09 bits per heavy atom. The minimum Gasteiger partial charge on any atom is -0.478 e. The lowest BCUT2D eigenvalue weighted by molar-refractivity contribution is -0.131. The summed E-state index contributed by atoms with van der Waals surface area (Å²) >= 11 is 12.2. The van der Waals surface area contributed by atoms with Crippen LogP contribution in [0.2, 0.25) is 10.0 Å². The molecule has 0 saturated carbocycles. The Bertz CT molecular complexity index is 916. The summed E-state index contributed by atoms with van der Waals surface area (Å²) in [5.74, 6) is -0.455. The third-order valence-corrected chi connectivity index (χ3v) is 3.99. The molecule has 0 radical (unpaired) electrons. The molecular weight excluding hydrogens is 335 g/mol. The summed E-state index contributed by atoms with van der Waals surface area (Å²) in [5, 5.41) is 9.96. The number of imidazole rings is 1. The zero-order valence-electron chi connectivity index (χ0n) is 11.9. The van der Waals surface area contributed by atoms with E-state index in [0.717, 1.165) is 22.9 Å². The molecule has 1 N–H and O–H groups in total. The zero-order chi connectivity index (χ0) is 16.4. The van der Waals surface area contributed by atoms with E-state index >= 15 is 0 Å². The number of fused-ring (bicyclic) bond motifs is 1. The molecule has 3 aromatic rings. The molecule has 0 aliphatic carbocycles. The highest BCUT2D eigenvalue weighted by Gasteiger charge is 2.11. The number of hydrogen-bond donors (Lipinski definition) is 1. The summed E-state index contributed by atoms with van der Waals surface area (Å²) in [6.07, 6.45) is 4.92. The predicted octanol–water partition coefficient (Wildman–Crippen LogP) is 4.33. The monoisotopic (exact) mass is 346 g/mol. The molecule has 0 spiro atoms. The fourth-order valence-electron chi connectivity index (χ4n) is 2.37. The SMILES string of the molecule is O=C(O)/C=C/c1nc(Cc2ccc(Cl)cc2Cl)c2ccccn12. The third kappa shape index (κ3) is 3.38. The average molecular weight is 347 g/mol. The summed E-state index contributed by atoms with van der Waals surface area (Å²) in [7, 11) is 0. The van der Waals surface area contributed by atoms with Crippen molar-refractivity contribution in [3.8, 4) is 0 Å². The molecule has 0 aliphatic rings. The van der Waals surface area contributed by atoms with Gasteiger partial charge in [-0.15, -0.1) is 0 Å². The number of carboxylic acids is 1. The first-order valence-corrected chi connectivity index (χ1v) is 7.61. The second-order valence-electron chi connectivity index (χ2n) is 4.96. The van der Waals surface area contributed by atoms with Gasteiger partial charge in [0, 0.05) is 28.7 Å². The Kier molecular flexibility index (Phi) is 4.37. The van der Waals surface area contributed by atoms with Gasteiger partial charge in [0.05, 0.1) is 11.2 Å². The van der Waals surface area contributed by atoms with Crippen LogP contribution in [0.4, 0.5) is 0 Å². The van der Waals surface area contributed by atoms with E-state index in [0.29, 0.717) is 22.3 Å². The number of carboxylic acid groups (broad SMARTS) is 1. The molecule has 23 heavy (non-hydrogen) atoms. The Labute approximate surface area is 142 Å². The van der Waals surface area contributed by atoms with E-state index in [4.69, 9.17) is 28.3 Å². The fourth-order valence-corrected chi connectivity index (χ4v) is 2.84. The van der Waals surface area contributed by atoms with Gasteiger partial charge in [-0.25, -0.2) is 9.78 Å². The Hall–Kier alpha value is -2.30. The van der Waals surface area contributed by atoms with Crippen LogP contribution in [0.25, 0.3) is 11.6 Å². The van der Waals surface area contributed by atoms with Gasteiger partial charge < -0.3 is 5.11 Å². The summed E-state index contributed by atoms with van der Waals surface area (Å²) in [4.78, 5) is 15.3. The van der Waals surface area contributed by atoms with Gasteiger partial charge >= 0.3 is 5.97 Å². The number of aromatic nitrogens is 2. The summed E-state index contributed by atoms with van der Waals surface area (Å²) < 4.78 is 1.85. The number of carbonyl (C=O) groups is 1. The first kappa shape index (κ1) is 15.6. The summed E-state index contributed by atoms with van der Waals surface area (Å²) in [5.41, 5.74) is 2.64. The third-order valence-electron chi connectivity index (χ3n) is 3.40. The first-order valence-electron chi connectivity index (χ1n) is 6.85. The lowest BCUT2D eigenvalue weighted by atomic mass is 10.1. The molecule has 0 unspecified atom stereocenters. The number of benzene rings is 1. The summed E-state index contributed by atoms with van der Waals surface area (Å²) in [6, 6.07) is 11.1. The number of nitrogens with zero attached hydrogens (tertiary/aromatic N) is 2. The second-order valence-corrected chi connectivity index (χ2v) is 5.80. The highest BCUT2D eigenvalue weighted by Crippen LogP contribution is 2.25. The van der Waals surface area contributed by atoms with Gasteiger partial charge in [-0.2, -0.15) is 0 Å². The van der Waals surface area contributed by atoms with Crippen molar-refractivity contribution >= 4 is 40.8 Å². The topological polar surface area (TPSA) is 54.6 Å². The van der Waals surface area contributed by atoms with Crippen LogP contribution in [0, 0.1) is 0 Å². The molecule has 4 nitrogen and oxygen atoms in total. The number of hydrogen-bond acceptors (Lipinski definition) is 2. The molecule has 6 heteroatoms. The Morgan fingerprint density at radius 1 is 1.26 bits per heavy atom. The minimum absolute atomic E-state index is 0.532. The van der Waals surface area contributed by atoms with Gasteiger partial charge in [-0.05, 0) is 35.9 Å². The maximum absolute atomic E-state index is 10.7. The number of rotatable bonds is 4. The average Bonchev–Trinajstić information content (AvgIpc) is 2.86. The Balaban J connectivity index is 2.05. The van der Waals surface area contributed by atoms with Gasteiger partial charge in [0.1, 0.15) is 5.82 Å². The van der Waals surface area contributed by atoms with Crippen LogP contribution in [0.5, 0.6) is 0 Å². The molecule has 3 rings (SSSR count). The van der Waals surface area contributed by atoms with Crippen LogP contribution in [-0.4, -0.2) is 20.5 Å². The molecule has 2 heterocycles. The van der Waals surface area contributed by atoms with Gasteiger partial charge in [0.25, 0.3) is 0 Å². The molecule has 0 fully saturated rings. The maximum Gasteiger partial charge on any atom is 0.328 e. The van der Waals surface area contributed by atoms with Gasteiger partial charge in [-0.3, -0.25) is 4.40 Å². The van der Waals surface area contributed by atoms with Crippen molar-refractivity contribution in [3.63, 3.8) is 0 Å². The molecule has 1 aromatic carbocycles.